The molecule has 1 aromatic carbocycles. The van der Waals surface area contributed by atoms with E-state index in [1.54, 1.807) is 0 Å². The Bertz CT molecular complexity index is 480. The summed E-state index contributed by atoms with van der Waals surface area (Å²) in [5, 5.41) is 3.27. The van der Waals surface area contributed by atoms with Gasteiger partial charge >= 0.3 is 0 Å². The molecular formula is C16H26IN3O2. The lowest BCUT2D eigenvalue weighted by molar-refractivity contribution is 0.117. The highest BCUT2D eigenvalue weighted by atomic mass is 127. The van der Waals surface area contributed by atoms with Crippen LogP contribution in [0, 0.1) is 5.92 Å². The molecule has 1 atom stereocenters. The fourth-order valence-electron chi connectivity index (χ4n) is 2.27. The quantitative estimate of drug-likeness (QED) is 0.322. The van der Waals surface area contributed by atoms with Crippen LogP contribution in [-0.2, 0) is 4.74 Å². The lowest BCUT2D eigenvalue weighted by Gasteiger charge is -2.26. The van der Waals surface area contributed by atoms with Gasteiger partial charge < -0.3 is 20.5 Å². The van der Waals surface area contributed by atoms with Gasteiger partial charge in [0.25, 0.3) is 0 Å². The van der Waals surface area contributed by atoms with Gasteiger partial charge in [0.1, 0.15) is 5.75 Å². The molecule has 5 nitrogen and oxygen atoms in total. The summed E-state index contributed by atoms with van der Waals surface area (Å²) in [6.07, 6.45) is 0.886. The van der Waals surface area contributed by atoms with Crippen LogP contribution in [0.4, 0.5) is 0 Å². The molecule has 0 bridgehead atoms. The van der Waals surface area contributed by atoms with Crippen molar-refractivity contribution in [2.24, 2.45) is 16.6 Å². The molecule has 1 aliphatic heterocycles. The summed E-state index contributed by atoms with van der Waals surface area (Å²) in [5.41, 5.74) is 7.08. The first kappa shape index (κ1) is 19.0. The maximum absolute atomic E-state index is 5.95. The molecule has 0 aromatic heterocycles. The van der Waals surface area contributed by atoms with Crippen LogP contribution in [0.2, 0.25) is 0 Å². The highest BCUT2D eigenvalue weighted by molar-refractivity contribution is 14.0. The molecule has 3 N–H and O–H groups in total. The van der Waals surface area contributed by atoms with Crippen molar-refractivity contribution >= 4 is 29.9 Å². The third kappa shape index (κ3) is 6.00. The Morgan fingerprint density at radius 3 is 3.00 bits per heavy atom. The van der Waals surface area contributed by atoms with Crippen LogP contribution in [0.1, 0.15) is 31.9 Å². The van der Waals surface area contributed by atoms with E-state index in [0.717, 1.165) is 24.3 Å². The minimum Gasteiger partial charge on any atom is -0.493 e. The normalized spacial score (nSPS) is 17.4. The molecule has 0 saturated heterocycles. The monoisotopic (exact) mass is 419 g/mol. The molecule has 0 saturated carbocycles. The van der Waals surface area contributed by atoms with E-state index >= 15 is 0 Å². The maximum atomic E-state index is 5.95. The highest BCUT2D eigenvalue weighted by Gasteiger charge is 2.20. The van der Waals surface area contributed by atoms with Gasteiger partial charge in [0, 0.05) is 18.6 Å². The molecule has 0 fully saturated rings. The molecular weight excluding hydrogens is 393 g/mol. The third-order valence-electron chi connectivity index (χ3n) is 3.25. The largest absolute Gasteiger partial charge is 0.493 e. The molecule has 1 aromatic rings. The van der Waals surface area contributed by atoms with Gasteiger partial charge in [-0.25, -0.2) is 0 Å². The zero-order valence-electron chi connectivity index (χ0n) is 13.2. The number of aliphatic imine (C=N–C) groups is 1. The predicted octanol–water partition coefficient (Wildman–Crippen LogP) is 2.71. The Morgan fingerprint density at radius 1 is 1.45 bits per heavy atom. The van der Waals surface area contributed by atoms with Crippen LogP contribution in [0.3, 0.4) is 0 Å². The summed E-state index contributed by atoms with van der Waals surface area (Å²) in [6, 6.07) is 8.19. The molecule has 1 heterocycles. The fraction of sp³-hybridized carbons (Fsp3) is 0.562. The number of fused-ring (bicyclic) bond motifs is 1. The number of nitrogens with two attached hydrogens (primary N) is 1. The van der Waals surface area contributed by atoms with Crippen molar-refractivity contribution in [3.63, 3.8) is 0 Å². The molecule has 0 radical (unpaired) electrons. The number of hydrogen-bond donors (Lipinski definition) is 2. The topological polar surface area (TPSA) is 68.9 Å². The molecule has 0 aliphatic carbocycles. The summed E-state index contributed by atoms with van der Waals surface area (Å²) in [6.45, 7) is 6.89. The summed E-state index contributed by atoms with van der Waals surface area (Å²) >= 11 is 0. The second-order valence-corrected chi connectivity index (χ2v) is 5.61. The fourth-order valence-corrected chi connectivity index (χ4v) is 2.27. The van der Waals surface area contributed by atoms with Gasteiger partial charge in [0.2, 0.25) is 0 Å². The Kier molecular flexibility index (Phi) is 8.55. The maximum Gasteiger partial charge on any atom is 0.189 e. The molecule has 22 heavy (non-hydrogen) atoms. The van der Waals surface area contributed by atoms with Gasteiger partial charge in [0.15, 0.2) is 5.96 Å². The first-order valence-electron chi connectivity index (χ1n) is 7.52. The Morgan fingerprint density at radius 2 is 2.23 bits per heavy atom. The van der Waals surface area contributed by atoms with Crippen molar-refractivity contribution in [3.05, 3.63) is 29.8 Å². The molecule has 2 rings (SSSR count). The van der Waals surface area contributed by atoms with Gasteiger partial charge in [-0.15, -0.1) is 24.0 Å². The number of para-hydroxylation sites is 1. The lowest BCUT2D eigenvalue weighted by atomic mass is 10.0. The van der Waals surface area contributed by atoms with Crippen LogP contribution in [0.15, 0.2) is 29.3 Å². The van der Waals surface area contributed by atoms with Gasteiger partial charge in [0.05, 0.1) is 25.8 Å². The van der Waals surface area contributed by atoms with E-state index in [9.17, 15) is 0 Å². The first-order valence-corrected chi connectivity index (χ1v) is 7.52. The molecule has 1 aliphatic rings. The van der Waals surface area contributed by atoms with Crippen LogP contribution < -0.4 is 15.8 Å². The zero-order valence-corrected chi connectivity index (χ0v) is 15.6. The summed E-state index contributed by atoms with van der Waals surface area (Å²) in [7, 11) is 0. The second-order valence-electron chi connectivity index (χ2n) is 5.61. The summed E-state index contributed by atoms with van der Waals surface area (Å²) in [5.74, 6) is 1.93. The minimum atomic E-state index is 0. The van der Waals surface area contributed by atoms with E-state index in [0.29, 0.717) is 31.6 Å². The van der Waals surface area contributed by atoms with Crippen molar-refractivity contribution in [2.75, 3.05) is 26.4 Å². The Balaban J connectivity index is 0.00000242. The first-order chi connectivity index (χ1) is 10.2. The predicted molar refractivity (Wildman–Crippen MR) is 100.0 cm³/mol. The smallest absolute Gasteiger partial charge is 0.189 e. The van der Waals surface area contributed by atoms with Gasteiger partial charge in [-0.1, -0.05) is 32.0 Å². The number of ether oxygens (including phenoxy) is 2. The number of nitrogens with zero attached hydrogens (tertiary/aromatic N) is 1. The van der Waals surface area contributed by atoms with Crippen molar-refractivity contribution < 1.29 is 9.47 Å². The number of hydrogen-bond acceptors (Lipinski definition) is 3. The van der Waals surface area contributed by atoms with Crippen LogP contribution in [0.5, 0.6) is 5.75 Å². The van der Waals surface area contributed by atoms with Crippen molar-refractivity contribution in [2.45, 2.75) is 26.3 Å². The number of benzene rings is 1. The average molecular weight is 419 g/mol. The van der Waals surface area contributed by atoms with E-state index in [1.165, 1.54) is 0 Å². The Labute approximate surface area is 149 Å². The lowest BCUT2D eigenvalue weighted by Crippen LogP contribution is -2.37. The van der Waals surface area contributed by atoms with Crippen LogP contribution in [-0.4, -0.2) is 32.3 Å². The van der Waals surface area contributed by atoms with Crippen LogP contribution in [0.25, 0.3) is 0 Å². The minimum absolute atomic E-state index is 0. The van der Waals surface area contributed by atoms with Gasteiger partial charge in [-0.3, -0.25) is 4.99 Å². The van der Waals surface area contributed by atoms with E-state index in [2.05, 4.69) is 30.2 Å². The van der Waals surface area contributed by atoms with Gasteiger partial charge in [-0.05, 0) is 12.0 Å². The number of nitrogens with one attached hydrogen (secondary N) is 1. The summed E-state index contributed by atoms with van der Waals surface area (Å²) in [4.78, 5) is 4.31. The van der Waals surface area contributed by atoms with E-state index in [-0.39, 0.29) is 30.0 Å². The van der Waals surface area contributed by atoms with Crippen molar-refractivity contribution in [3.8, 4) is 5.75 Å². The van der Waals surface area contributed by atoms with Gasteiger partial charge in [-0.2, -0.15) is 0 Å². The summed E-state index contributed by atoms with van der Waals surface area (Å²) < 4.78 is 11.1. The van der Waals surface area contributed by atoms with Crippen molar-refractivity contribution in [1.29, 1.82) is 0 Å². The van der Waals surface area contributed by atoms with Crippen LogP contribution >= 0.6 is 24.0 Å². The molecule has 0 amide bonds. The Hall–Kier alpha value is -1.02. The number of rotatable bonds is 6. The zero-order chi connectivity index (χ0) is 15.1. The van der Waals surface area contributed by atoms with E-state index < -0.39 is 0 Å². The molecule has 1 unspecified atom stereocenters. The SMILES string of the molecule is CC(C)COCCN=C(N)NC1CCOc2ccccc21.I. The van der Waals surface area contributed by atoms with E-state index in [4.69, 9.17) is 15.2 Å². The highest BCUT2D eigenvalue weighted by Crippen LogP contribution is 2.31. The van der Waals surface area contributed by atoms with E-state index in [1.807, 2.05) is 18.2 Å². The third-order valence-corrected chi connectivity index (χ3v) is 3.25. The molecule has 124 valence electrons. The molecule has 0 spiro atoms. The standard InChI is InChI=1S/C16H25N3O2.HI/c1-12(2)11-20-10-8-18-16(17)19-14-7-9-21-15-6-4-3-5-13(14)15;/h3-6,12,14H,7-11H2,1-2H3,(H3,17,18,19);1H. The number of halogens is 1. The van der Waals surface area contributed by atoms with Crippen molar-refractivity contribution in [1.82, 2.24) is 5.32 Å². The number of guanidine groups is 1. The second kappa shape index (κ2) is 9.89. The average Bonchev–Trinajstić information content (AvgIpc) is 2.47. The molecule has 6 heteroatoms.